The molecule has 104 heavy (non-hydrogen) atoms. The number of ketones is 1. The second kappa shape index (κ2) is 34.2. The summed E-state index contributed by atoms with van der Waals surface area (Å²) in [7, 11) is 3.03. The van der Waals surface area contributed by atoms with E-state index in [0.717, 1.165) is 18.4 Å². The predicted octanol–water partition coefficient (Wildman–Crippen LogP) is -3.78. The molecule has 7 saturated heterocycles. The highest BCUT2D eigenvalue weighted by Gasteiger charge is 2.64. The van der Waals surface area contributed by atoms with Crippen LogP contribution in [0.15, 0.2) is 23.3 Å². The Kier molecular flexibility index (Phi) is 27.0. The molecule has 0 aromatic heterocycles. The number of allylic oxidation sites excluding steroid dienone is 2. The van der Waals surface area contributed by atoms with Crippen molar-refractivity contribution in [3.05, 3.63) is 23.3 Å². The molecular weight excluding hydrogens is 1380 g/mol. The monoisotopic (exact) mass is 1500 g/mol. The number of fused-ring (bicyclic) bond motifs is 5. The molecule has 4 aliphatic carbocycles. The molecule has 0 unspecified atom stereocenters. The summed E-state index contributed by atoms with van der Waals surface area (Å²) in [6.45, 7) is 11.6. The van der Waals surface area contributed by atoms with Gasteiger partial charge in [-0.15, -0.1) is 0 Å². The van der Waals surface area contributed by atoms with Gasteiger partial charge in [0.2, 0.25) is 0 Å². The van der Waals surface area contributed by atoms with Crippen LogP contribution in [0.1, 0.15) is 113 Å². The topological polar surface area (TPSA) is 495 Å². The van der Waals surface area contributed by atoms with Crippen LogP contribution < -0.4 is 0 Å². The number of carbonyl (C=O) groups is 2. The first kappa shape index (κ1) is 82.3. The van der Waals surface area contributed by atoms with Crippen molar-refractivity contribution in [3.8, 4) is 0 Å². The third kappa shape index (κ3) is 16.6. The average molecular weight is 1500 g/mol. The van der Waals surface area contributed by atoms with E-state index in [1.165, 1.54) is 25.7 Å². The van der Waals surface area contributed by atoms with Gasteiger partial charge in [0.05, 0.1) is 69.2 Å². The molecule has 0 aromatic rings. The molecule has 11 rings (SSSR count). The van der Waals surface area contributed by atoms with Gasteiger partial charge in [0, 0.05) is 39.1 Å². The molecule has 11 aliphatic rings. The van der Waals surface area contributed by atoms with E-state index >= 15 is 0 Å². The van der Waals surface area contributed by atoms with Crippen molar-refractivity contribution in [1.82, 2.24) is 0 Å². The lowest BCUT2D eigenvalue weighted by molar-refractivity contribution is -0.378. The van der Waals surface area contributed by atoms with Crippen LogP contribution in [0.4, 0.5) is 0 Å². The van der Waals surface area contributed by atoms with Crippen LogP contribution in [0.3, 0.4) is 0 Å². The lowest BCUT2D eigenvalue weighted by Gasteiger charge is -2.58. The van der Waals surface area contributed by atoms with Gasteiger partial charge in [-0.05, 0) is 115 Å². The molecule has 3 saturated carbocycles. The van der Waals surface area contributed by atoms with E-state index in [9.17, 15) is 86.2 Å². The van der Waals surface area contributed by atoms with Crippen molar-refractivity contribution >= 4 is 11.8 Å². The molecule has 0 amide bonds. The first-order chi connectivity index (χ1) is 49.2. The van der Waals surface area contributed by atoms with Gasteiger partial charge in [0.25, 0.3) is 0 Å². The van der Waals surface area contributed by atoms with Crippen molar-refractivity contribution in [2.75, 3.05) is 40.6 Å². The van der Waals surface area contributed by atoms with Crippen molar-refractivity contribution in [1.29, 1.82) is 0 Å². The van der Waals surface area contributed by atoms with Crippen molar-refractivity contribution in [2.24, 2.45) is 34.5 Å². The Balaban J connectivity index is 0.710. The molecular formula is C70H112O34. The molecule has 34 heteroatoms. The molecule has 0 radical (unpaired) electrons. The van der Waals surface area contributed by atoms with E-state index in [-0.39, 0.29) is 47.9 Å². The molecule has 10 fully saturated rings. The SMILES string of the molecule is CO[C@@H]1[C@@H](O)[C@H](O[C@H]2CC[C@@]3(C)C(=CC[C@H]4[C@@H]5C[C@@H](O[C@@H]6O[C@H](CO[C@@H]7O[C@H](CO[C@@H]8O[C@H](CO)[C@@H](O)[C@H](O)[C@H]8O)[C@@H](O)[C@H](O)[C@H]7O[C@@H]7O[C@H](CO)[C@@H](O)[C@H](O)[C@H]7O)[C@@H](O)[C@H](O)[C@H]6O)[C@H](C(C)=O)[C@@]5(C)CC[C@@H]43)C2)O[C@H](C)[C@H]1O[C@H]1C[C@H](OC)[C@H](O[C@H]2C[C@H](O)[C@H](OC(=O)C=C(C)C)[C@@H](C)O2)[C@@H](C)O1. The Bertz CT molecular complexity index is 2880. The minimum atomic E-state index is -2.06. The Hall–Kier alpha value is -2.62. The first-order valence-corrected chi connectivity index (χ1v) is 36.5. The molecule has 0 aromatic carbocycles. The van der Waals surface area contributed by atoms with Crippen molar-refractivity contribution in [3.63, 3.8) is 0 Å². The van der Waals surface area contributed by atoms with E-state index in [2.05, 4.69) is 19.9 Å². The van der Waals surface area contributed by atoms with Gasteiger partial charge < -0.3 is 157 Å². The van der Waals surface area contributed by atoms with Crippen LogP contribution in [0.25, 0.3) is 0 Å². The maximum atomic E-state index is 14.1. The fourth-order valence-corrected chi connectivity index (χ4v) is 18.5. The number of carbonyl (C=O) groups excluding carboxylic acids is 2. The number of hydrogen-bond acceptors (Lipinski definition) is 34. The molecule has 15 N–H and O–H groups in total. The summed E-state index contributed by atoms with van der Waals surface area (Å²) in [5.41, 5.74) is 1.14. The number of aliphatic hydroxyl groups is 15. The van der Waals surface area contributed by atoms with Crippen LogP contribution in [0.5, 0.6) is 0 Å². The molecule has 7 heterocycles. The smallest absolute Gasteiger partial charge is 0.331 e. The quantitative estimate of drug-likeness (QED) is 0.0265. The summed E-state index contributed by atoms with van der Waals surface area (Å²) in [6, 6.07) is 0. The van der Waals surface area contributed by atoms with Gasteiger partial charge in [-0.25, -0.2) is 4.79 Å². The van der Waals surface area contributed by atoms with Gasteiger partial charge in [-0.2, -0.15) is 0 Å². The summed E-state index contributed by atoms with van der Waals surface area (Å²) in [5, 5.41) is 163. The highest BCUT2D eigenvalue weighted by Crippen LogP contribution is 2.67. The van der Waals surface area contributed by atoms with Gasteiger partial charge in [-0.3, -0.25) is 4.79 Å². The minimum Gasteiger partial charge on any atom is -0.454 e. The van der Waals surface area contributed by atoms with E-state index in [0.29, 0.717) is 32.1 Å². The van der Waals surface area contributed by atoms with E-state index < -0.39 is 253 Å². The second-order valence-electron chi connectivity index (χ2n) is 31.1. The highest BCUT2D eigenvalue weighted by atomic mass is 16.8. The number of esters is 1. The molecule has 0 spiro atoms. The lowest BCUT2D eigenvalue weighted by atomic mass is 9.47. The second-order valence-corrected chi connectivity index (χ2v) is 31.1. The van der Waals surface area contributed by atoms with Gasteiger partial charge in [0.1, 0.15) is 128 Å². The van der Waals surface area contributed by atoms with Crippen LogP contribution in [0, 0.1) is 34.5 Å². The highest BCUT2D eigenvalue weighted by molar-refractivity contribution is 5.82. The number of rotatable bonds is 23. The number of hydrogen-bond donors (Lipinski definition) is 15. The Labute approximate surface area is 603 Å². The molecule has 34 nitrogen and oxygen atoms in total. The van der Waals surface area contributed by atoms with Crippen LogP contribution in [-0.2, 0) is 90.1 Å². The summed E-state index contributed by atoms with van der Waals surface area (Å²) in [4.78, 5) is 26.4. The number of methoxy groups -OCH3 is 2. The maximum absolute atomic E-state index is 14.1. The zero-order valence-electron chi connectivity index (χ0n) is 60.3. The zero-order chi connectivity index (χ0) is 75.5. The van der Waals surface area contributed by atoms with E-state index in [1.54, 1.807) is 27.9 Å². The maximum Gasteiger partial charge on any atom is 0.331 e. The number of Topliss-reactive ketones (excluding diaryl/α,β-unsaturated/α-hetero) is 1. The Morgan fingerprint density at radius 2 is 1.03 bits per heavy atom. The van der Waals surface area contributed by atoms with Crippen LogP contribution >= 0.6 is 0 Å². The Morgan fingerprint density at radius 1 is 0.500 bits per heavy atom. The molecule has 41 atom stereocenters. The van der Waals surface area contributed by atoms with Crippen LogP contribution in [-0.4, -0.2) is 344 Å². The zero-order valence-corrected chi connectivity index (χ0v) is 60.3. The van der Waals surface area contributed by atoms with Gasteiger partial charge in [0.15, 0.2) is 50.1 Å². The van der Waals surface area contributed by atoms with E-state index in [1.807, 2.05) is 13.8 Å². The van der Waals surface area contributed by atoms with Crippen LogP contribution in [0.2, 0.25) is 0 Å². The fourth-order valence-electron chi connectivity index (χ4n) is 18.5. The minimum absolute atomic E-state index is 0.0338. The van der Waals surface area contributed by atoms with Gasteiger partial charge >= 0.3 is 5.97 Å². The third-order valence-electron chi connectivity index (χ3n) is 24.2. The number of ether oxygens (including phenoxy) is 17. The normalized spacial score (nSPS) is 51.3. The standard InChI is InChI=1S/C70H112O34/c1-26(2)17-43(75)101-59-28(4)92-44(20-36(59)74)102-60-29(5)93-45(21-38(60)88-9)103-61-30(6)94-67(58(87)62(61)89-10)95-32-13-15-69(7)31(18-32)11-12-33-34(69)14-16-70(8)35(33)19-37(46(70)27(3)73)96-65-56(85)53(82)49(78)41(99-65)25-91-68-63(104-66-57(86)52(81)48(77)40(23-72)98-66)54(83)50(79)42(100-68)24-90-64-55(84)51(80)47(76)39(22-71)97-64/h11,17,28-30,32-42,44-68,71-72,74,76-87H,12-16,18-25H2,1-10H3/t28-,29-,30-,32+,33-,34+,35+,36+,37-,38+,39-,40-,41-,42-,44+,45+,46+,47-,48-,49-,50-,51+,52+,53+,54+,55-,56-,57-,58-,59-,60-,61-,62-,63-,64-,65-,66+,67+,68-,69+,70+/m1/s1. The third-order valence-corrected chi connectivity index (χ3v) is 24.2. The summed E-state index contributed by atoms with van der Waals surface area (Å²) in [6.07, 6.45) is -39.7. The van der Waals surface area contributed by atoms with E-state index in [4.69, 9.17) is 80.5 Å². The van der Waals surface area contributed by atoms with Crippen molar-refractivity contribution < 1.29 is 167 Å². The molecule has 7 aliphatic heterocycles. The van der Waals surface area contributed by atoms with Gasteiger partial charge in [-0.1, -0.05) is 31.1 Å². The summed E-state index contributed by atoms with van der Waals surface area (Å²) < 4.78 is 103. The summed E-state index contributed by atoms with van der Waals surface area (Å²) in [5.74, 6) is -1.21. The fraction of sp³-hybridized carbons (Fsp3) is 0.914. The number of aliphatic hydroxyl groups excluding tert-OH is 15. The Morgan fingerprint density at radius 3 is 1.62 bits per heavy atom. The largest absolute Gasteiger partial charge is 0.454 e. The first-order valence-electron chi connectivity index (χ1n) is 36.5. The average Bonchev–Trinajstić information content (AvgIpc) is 1.44. The molecule has 0 bridgehead atoms. The lowest BCUT2D eigenvalue weighted by Crippen LogP contribution is -2.65. The van der Waals surface area contributed by atoms with Crippen molar-refractivity contribution in [2.45, 2.75) is 328 Å². The predicted molar refractivity (Wildman–Crippen MR) is 348 cm³/mol. The molecule has 596 valence electrons. The summed E-state index contributed by atoms with van der Waals surface area (Å²) >= 11 is 0.